The Hall–Kier alpha value is -0.610. The number of hydrogen-bond donors (Lipinski definition) is 1. The lowest BCUT2D eigenvalue weighted by Gasteiger charge is -2.34. The molecule has 1 saturated carbocycles. The number of nitrogens with two attached hydrogens (primary N) is 1. The second-order valence-electron chi connectivity index (χ2n) is 5.84. The van der Waals surface area contributed by atoms with Gasteiger partial charge in [-0.25, -0.2) is 0 Å². The Bertz CT molecular complexity index is 283. The molecule has 3 unspecified atom stereocenters. The van der Waals surface area contributed by atoms with Crippen molar-refractivity contribution in [3.63, 3.8) is 0 Å². The van der Waals surface area contributed by atoms with Crippen LogP contribution in [0.15, 0.2) is 0 Å². The van der Waals surface area contributed by atoms with Crippen LogP contribution in [0.25, 0.3) is 0 Å². The van der Waals surface area contributed by atoms with Gasteiger partial charge in [-0.3, -0.25) is 4.79 Å². The zero-order chi connectivity index (χ0) is 13.0. The molecular weight excluding hydrogens is 228 g/mol. The van der Waals surface area contributed by atoms with Crippen LogP contribution in [-0.2, 0) is 9.53 Å². The van der Waals surface area contributed by atoms with Crippen LogP contribution in [0.5, 0.6) is 0 Å². The van der Waals surface area contributed by atoms with Gasteiger partial charge in [0.1, 0.15) is 0 Å². The van der Waals surface area contributed by atoms with Crippen molar-refractivity contribution < 1.29 is 9.53 Å². The van der Waals surface area contributed by atoms with E-state index in [1.165, 1.54) is 12.8 Å². The summed E-state index contributed by atoms with van der Waals surface area (Å²) in [5.41, 5.74) is 5.98. The van der Waals surface area contributed by atoms with E-state index in [4.69, 9.17) is 10.5 Å². The predicted molar refractivity (Wildman–Crippen MR) is 71.2 cm³/mol. The standard InChI is InChI=1S/C14H26N2O2/c1-18-13-6-3-7-16(10-13)14(17)9-11-4-2-5-12(15)8-11/h11-13H,2-10,15H2,1H3. The van der Waals surface area contributed by atoms with Crippen LogP contribution in [-0.4, -0.2) is 43.2 Å². The molecule has 1 saturated heterocycles. The highest BCUT2D eigenvalue weighted by Crippen LogP contribution is 2.27. The van der Waals surface area contributed by atoms with Gasteiger partial charge in [-0.15, -0.1) is 0 Å². The van der Waals surface area contributed by atoms with Crippen molar-refractivity contribution in [2.24, 2.45) is 11.7 Å². The molecule has 4 nitrogen and oxygen atoms in total. The summed E-state index contributed by atoms with van der Waals surface area (Å²) in [6, 6.07) is 0.310. The molecule has 18 heavy (non-hydrogen) atoms. The molecule has 0 aromatic heterocycles. The number of likely N-dealkylation sites (tertiary alicyclic amines) is 1. The minimum atomic E-state index is 0.233. The normalized spacial score (nSPS) is 33.4. The van der Waals surface area contributed by atoms with Crippen molar-refractivity contribution in [2.75, 3.05) is 20.2 Å². The van der Waals surface area contributed by atoms with Gasteiger partial charge in [-0.2, -0.15) is 0 Å². The van der Waals surface area contributed by atoms with Gasteiger partial charge in [0.15, 0.2) is 0 Å². The van der Waals surface area contributed by atoms with Crippen LogP contribution in [0.1, 0.15) is 44.9 Å². The maximum absolute atomic E-state index is 12.3. The second kappa shape index (κ2) is 6.53. The number of hydrogen-bond acceptors (Lipinski definition) is 3. The Morgan fingerprint density at radius 3 is 2.89 bits per heavy atom. The van der Waals surface area contributed by atoms with Crippen LogP contribution in [0, 0.1) is 5.92 Å². The molecule has 2 aliphatic rings. The molecule has 0 aromatic rings. The first kappa shape index (κ1) is 13.8. The molecule has 1 aliphatic heterocycles. The van der Waals surface area contributed by atoms with E-state index in [0.717, 1.165) is 38.8 Å². The summed E-state index contributed by atoms with van der Waals surface area (Å²) in [5.74, 6) is 0.806. The quantitative estimate of drug-likeness (QED) is 0.831. The molecule has 0 radical (unpaired) electrons. The van der Waals surface area contributed by atoms with Crippen LogP contribution >= 0.6 is 0 Å². The Labute approximate surface area is 110 Å². The molecule has 2 rings (SSSR count). The Morgan fingerprint density at radius 1 is 1.33 bits per heavy atom. The molecule has 0 spiro atoms. The minimum absolute atomic E-state index is 0.233. The SMILES string of the molecule is COC1CCCN(C(=O)CC2CCCC(N)C2)C1. The van der Waals surface area contributed by atoms with E-state index < -0.39 is 0 Å². The highest BCUT2D eigenvalue weighted by Gasteiger charge is 2.27. The van der Waals surface area contributed by atoms with Crippen molar-refractivity contribution in [3.8, 4) is 0 Å². The van der Waals surface area contributed by atoms with E-state index in [1.807, 2.05) is 4.90 Å². The highest BCUT2D eigenvalue weighted by atomic mass is 16.5. The average molecular weight is 254 g/mol. The zero-order valence-electron chi connectivity index (χ0n) is 11.4. The van der Waals surface area contributed by atoms with Crippen LogP contribution in [0.4, 0.5) is 0 Å². The third kappa shape index (κ3) is 3.69. The Kier molecular flexibility index (Phi) is 5.01. The molecule has 1 heterocycles. The first-order chi connectivity index (χ1) is 8.69. The summed E-state index contributed by atoms with van der Waals surface area (Å²) >= 11 is 0. The van der Waals surface area contributed by atoms with E-state index in [2.05, 4.69) is 0 Å². The fourth-order valence-electron chi connectivity index (χ4n) is 3.25. The molecular formula is C14H26N2O2. The lowest BCUT2D eigenvalue weighted by molar-refractivity contribution is -0.136. The van der Waals surface area contributed by atoms with Crippen molar-refractivity contribution in [2.45, 2.75) is 57.1 Å². The monoisotopic (exact) mass is 254 g/mol. The van der Waals surface area contributed by atoms with E-state index in [9.17, 15) is 4.79 Å². The fourth-order valence-corrected chi connectivity index (χ4v) is 3.25. The Morgan fingerprint density at radius 2 is 2.17 bits per heavy atom. The minimum Gasteiger partial charge on any atom is -0.380 e. The highest BCUT2D eigenvalue weighted by molar-refractivity contribution is 5.76. The van der Waals surface area contributed by atoms with Crippen LogP contribution in [0.2, 0.25) is 0 Å². The lowest BCUT2D eigenvalue weighted by Crippen LogP contribution is -2.43. The summed E-state index contributed by atoms with van der Waals surface area (Å²) in [5, 5.41) is 0. The largest absolute Gasteiger partial charge is 0.380 e. The number of nitrogens with zero attached hydrogens (tertiary/aromatic N) is 1. The maximum Gasteiger partial charge on any atom is 0.222 e. The number of carbonyl (C=O) groups is 1. The van der Waals surface area contributed by atoms with Crippen molar-refractivity contribution in [1.29, 1.82) is 0 Å². The lowest BCUT2D eigenvalue weighted by atomic mass is 9.84. The van der Waals surface area contributed by atoms with E-state index in [0.29, 0.717) is 24.3 Å². The van der Waals surface area contributed by atoms with Crippen molar-refractivity contribution in [1.82, 2.24) is 4.90 Å². The van der Waals surface area contributed by atoms with Gasteiger partial charge in [0, 0.05) is 32.7 Å². The first-order valence-electron chi connectivity index (χ1n) is 7.25. The third-order valence-electron chi connectivity index (χ3n) is 4.35. The van der Waals surface area contributed by atoms with Crippen LogP contribution < -0.4 is 5.73 Å². The predicted octanol–water partition coefficient (Wildman–Crippen LogP) is 1.53. The number of ether oxygens (including phenoxy) is 1. The number of rotatable bonds is 3. The molecule has 1 aliphatic carbocycles. The topological polar surface area (TPSA) is 55.6 Å². The second-order valence-corrected chi connectivity index (χ2v) is 5.84. The van der Waals surface area contributed by atoms with E-state index >= 15 is 0 Å². The van der Waals surface area contributed by atoms with Crippen molar-refractivity contribution in [3.05, 3.63) is 0 Å². The Balaban J connectivity index is 1.79. The molecule has 1 amide bonds. The summed E-state index contributed by atoms with van der Waals surface area (Å²) in [6.07, 6.45) is 7.55. The summed E-state index contributed by atoms with van der Waals surface area (Å²) in [7, 11) is 1.73. The summed E-state index contributed by atoms with van der Waals surface area (Å²) in [6.45, 7) is 1.67. The van der Waals surface area contributed by atoms with Gasteiger partial charge in [0.2, 0.25) is 5.91 Å². The molecule has 104 valence electrons. The summed E-state index contributed by atoms with van der Waals surface area (Å²) in [4.78, 5) is 14.2. The van der Waals surface area contributed by atoms with Gasteiger partial charge in [0.25, 0.3) is 0 Å². The van der Waals surface area contributed by atoms with Gasteiger partial charge in [-0.1, -0.05) is 6.42 Å². The molecule has 2 fully saturated rings. The summed E-state index contributed by atoms with van der Waals surface area (Å²) < 4.78 is 5.36. The fraction of sp³-hybridized carbons (Fsp3) is 0.929. The third-order valence-corrected chi connectivity index (χ3v) is 4.35. The smallest absolute Gasteiger partial charge is 0.222 e. The molecule has 0 aromatic carbocycles. The van der Waals surface area contributed by atoms with E-state index in [1.54, 1.807) is 7.11 Å². The number of piperidine rings is 1. The average Bonchev–Trinajstić information content (AvgIpc) is 2.39. The van der Waals surface area contributed by atoms with Crippen LogP contribution in [0.3, 0.4) is 0 Å². The van der Waals surface area contributed by atoms with Crippen molar-refractivity contribution >= 4 is 5.91 Å². The number of carbonyl (C=O) groups excluding carboxylic acids is 1. The number of amides is 1. The van der Waals surface area contributed by atoms with Gasteiger partial charge in [-0.05, 0) is 38.0 Å². The first-order valence-corrected chi connectivity index (χ1v) is 7.25. The molecule has 2 N–H and O–H groups in total. The molecule has 0 bridgehead atoms. The molecule has 3 atom stereocenters. The molecule has 4 heteroatoms. The van der Waals surface area contributed by atoms with Gasteiger partial charge in [0.05, 0.1) is 6.10 Å². The zero-order valence-corrected chi connectivity index (χ0v) is 11.4. The maximum atomic E-state index is 12.3. The number of methoxy groups -OCH3 is 1. The van der Waals surface area contributed by atoms with E-state index in [-0.39, 0.29) is 6.10 Å². The van der Waals surface area contributed by atoms with Gasteiger partial charge < -0.3 is 15.4 Å². The van der Waals surface area contributed by atoms with Gasteiger partial charge >= 0.3 is 0 Å².